The molecule has 0 spiro atoms. The van der Waals surface area contributed by atoms with Crippen molar-refractivity contribution < 1.29 is 22.7 Å². The second kappa shape index (κ2) is 6.13. The molecule has 0 aliphatic rings. The SMILES string of the molecule is CC(C)(C)OC(=O)C[C@H](c1ccc(Cl)c(N)c1)C(F)(F)F. The molecule has 0 aliphatic carbocycles. The van der Waals surface area contributed by atoms with Gasteiger partial charge in [0.05, 0.1) is 23.0 Å². The number of ether oxygens (including phenoxy) is 1. The van der Waals surface area contributed by atoms with Crippen molar-refractivity contribution in [1.82, 2.24) is 0 Å². The number of anilines is 1. The van der Waals surface area contributed by atoms with E-state index in [2.05, 4.69) is 0 Å². The maximum atomic E-state index is 13.1. The summed E-state index contributed by atoms with van der Waals surface area (Å²) in [7, 11) is 0. The molecule has 0 heterocycles. The molecular formula is C14H17ClF3NO2. The summed E-state index contributed by atoms with van der Waals surface area (Å²) in [6.45, 7) is 4.77. The molecule has 0 saturated heterocycles. The molecule has 0 radical (unpaired) electrons. The lowest BCUT2D eigenvalue weighted by molar-refractivity contribution is -0.172. The number of benzene rings is 1. The average molecular weight is 324 g/mol. The number of carbonyl (C=O) groups excluding carboxylic acids is 1. The van der Waals surface area contributed by atoms with Crippen LogP contribution in [0.2, 0.25) is 5.02 Å². The molecule has 1 rings (SSSR count). The number of hydrogen-bond donors (Lipinski definition) is 1. The van der Waals surface area contributed by atoms with Gasteiger partial charge in [-0.05, 0) is 38.5 Å². The Morgan fingerprint density at radius 1 is 1.33 bits per heavy atom. The summed E-state index contributed by atoms with van der Waals surface area (Å²) in [5.41, 5.74) is 4.60. The van der Waals surface area contributed by atoms with Crippen LogP contribution in [0.25, 0.3) is 0 Å². The Labute approximate surface area is 126 Å². The molecule has 118 valence electrons. The topological polar surface area (TPSA) is 52.3 Å². The maximum Gasteiger partial charge on any atom is 0.396 e. The van der Waals surface area contributed by atoms with Crippen LogP contribution < -0.4 is 5.73 Å². The minimum Gasteiger partial charge on any atom is -0.460 e. The van der Waals surface area contributed by atoms with Gasteiger partial charge in [-0.3, -0.25) is 4.79 Å². The summed E-state index contributed by atoms with van der Waals surface area (Å²) in [6, 6.07) is 3.62. The van der Waals surface area contributed by atoms with Crippen LogP contribution in [0.3, 0.4) is 0 Å². The Hall–Kier alpha value is -1.43. The summed E-state index contributed by atoms with van der Waals surface area (Å²) in [4.78, 5) is 11.7. The number of rotatable bonds is 3. The first kappa shape index (κ1) is 17.6. The van der Waals surface area contributed by atoms with Crippen LogP contribution >= 0.6 is 11.6 Å². The summed E-state index contributed by atoms with van der Waals surface area (Å²) in [5, 5.41) is 0.164. The molecule has 0 amide bonds. The van der Waals surface area contributed by atoms with Crippen molar-refractivity contribution >= 4 is 23.3 Å². The highest BCUT2D eigenvalue weighted by Gasteiger charge is 2.42. The van der Waals surface area contributed by atoms with Crippen molar-refractivity contribution in [1.29, 1.82) is 0 Å². The van der Waals surface area contributed by atoms with Gasteiger partial charge < -0.3 is 10.5 Å². The molecule has 0 bridgehead atoms. The van der Waals surface area contributed by atoms with Crippen molar-refractivity contribution in [2.45, 2.75) is 44.9 Å². The van der Waals surface area contributed by atoms with Crippen LogP contribution in [0.5, 0.6) is 0 Å². The van der Waals surface area contributed by atoms with Gasteiger partial charge in [-0.1, -0.05) is 17.7 Å². The van der Waals surface area contributed by atoms with Crippen LogP contribution in [0.15, 0.2) is 18.2 Å². The van der Waals surface area contributed by atoms with E-state index >= 15 is 0 Å². The minimum absolute atomic E-state index is 0.0348. The van der Waals surface area contributed by atoms with E-state index in [4.69, 9.17) is 22.1 Å². The molecule has 0 fully saturated rings. The number of carbonyl (C=O) groups is 1. The highest BCUT2D eigenvalue weighted by Crippen LogP contribution is 2.39. The standard InChI is InChI=1S/C14H17ClF3NO2/c1-13(2,3)21-12(20)7-9(14(16,17)18)8-4-5-10(15)11(19)6-8/h4-6,9H,7,19H2,1-3H3/t9-/m1/s1. The first-order chi connectivity index (χ1) is 9.40. The van der Waals surface area contributed by atoms with Crippen molar-refractivity contribution in [3.05, 3.63) is 28.8 Å². The Morgan fingerprint density at radius 3 is 2.33 bits per heavy atom. The molecule has 0 unspecified atom stereocenters. The monoisotopic (exact) mass is 323 g/mol. The van der Waals surface area contributed by atoms with Crippen molar-refractivity contribution in [2.75, 3.05) is 5.73 Å². The normalized spacial score (nSPS) is 13.9. The first-order valence-electron chi connectivity index (χ1n) is 6.23. The minimum atomic E-state index is -4.59. The van der Waals surface area contributed by atoms with E-state index in [9.17, 15) is 18.0 Å². The molecule has 1 aromatic carbocycles. The Kier molecular flexibility index (Phi) is 5.15. The number of nitrogen functional groups attached to an aromatic ring is 1. The van der Waals surface area contributed by atoms with Gasteiger partial charge in [0.2, 0.25) is 0 Å². The zero-order chi connectivity index (χ0) is 16.4. The fourth-order valence-electron chi connectivity index (χ4n) is 1.75. The quantitative estimate of drug-likeness (QED) is 0.666. The Morgan fingerprint density at radius 2 is 1.90 bits per heavy atom. The molecule has 21 heavy (non-hydrogen) atoms. The van der Waals surface area contributed by atoms with Crippen molar-refractivity contribution in [3.8, 4) is 0 Å². The number of esters is 1. The first-order valence-corrected chi connectivity index (χ1v) is 6.61. The smallest absolute Gasteiger partial charge is 0.396 e. The summed E-state index contributed by atoms with van der Waals surface area (Å²) in [5.74, 6) is -2.90. The lowest BCUT2D eigenvalue weighted by Crippen LogP contribution is -2.29. The van der Waals surface area contributed by atoms with Crippen LogP contribution in [0.1, 0.15) is 38.7 Å². The molecule has 0 aromatic heterocycles. The van der Waals surface area contributed by atoms with Gasteiger partial charge in [-0.15, -0.1) is 0 Å². The molecule has 2 N–H and O–H groups in total. The second-order valence-electron chi connectivity index (χ2n) is 5.67. The number of alkyl halides is 3. The van der Waals surface area contributed by atoms with E-state index in [0.29, 0.717) is 0 Å². The third-order valence-electron chi connectivity index (χ3n) is 2.61. The van der Waals surface area contributed by atoms with E-state index in [-0.39, 0.29) is 16.3 Å². The highest BCUT2D eigenvalue weighted by molar-refractivity contribution is 6.33. The average Bonchev–Trinajstić information content (AvgIpc) is 2.26. The summed E-state index contributed by atoms with van der Waals surface area (Å²) in [6.07, 6.45) is -5.39. The molecule has 0 saturated carbocycles. The molecule has 7 heteroatoms. The van der Waals surface area contributed by atoms with Gasteiger partial charge in [0.25, 0.3) is 0 Å². The zero-order valence-corrected chi connectivity index (χ0v) is 12.7. The van der Waals surface area contributed by atoms with Crippen LogP contribution in [0.4, 0.5) is 18.9 Å². The van der Waals surface area contributed by atoms with Gasteiger partial charge in [0.1, 0.15) is 5.60 Å². The van der Waals surface area contributed by atoms with Gasteiger partial charge in [-0.25, -0.2) is 0 Å². The van der Waals surface area contributed by atoms with Crippen LogP contribution in [-0.2, 0) is 9.53 Å². The summed E-state index contributed by atoms with van der Waals surface area (Å²) >= 11 is 5.69. The molecule has 3 nitrogen and oxygen atoms in total. The van der Waals surface area contributed by atoms with E-state index in [0.717, 1.165) is 6.07 Å². The van der Waals surface area contributed by atoms with Crippen LogP contribution in [0, 0.1) is 0 Å². The predicted octanol–water partition coefficient (Wildman–Crippen LogP) is 4.30. The Bertz CT molecular complexity index is 524. The van der Waals surface area contributed by atoms with E-state index in [1.807, 2.05) is 0 Å². The Balaban J connectivity index is 3.02. The third-order valence-corrected chi connectivity index (χ3v) is 2.95. The fraction of sp³-hybridized carbons (Fsp3) is 0.500. The molecule has 1 atom stereocenters. The zero-order valence-electron chi connectivity index (χ0n) is 11.9. The van der Waals surface area contributed by atoms with E-state index in [1.165, 1.54) is 12.1 Å². The number of nitrogens with two attached hydrogens (primary N) is 1. The number of hydrogen-bond acceptors (Lipinski definition) is 3. The largest absolute Gasteiger partial charge is 0.460 e. The molecule has 1 aromatic rings. The van der Waals surface area contributed by atoms with Gasteiger partial charge in [0, 0.05) is 0 Å². The lowest BCUT2D eigenvalue weighted by atomic mass is 9.94. The predicted molar refractivity (Wildman–Crippen MR) is 75.1 cm³/mol. The van der Waals surface area contributed by atoms with Crippen LogP contribution in [-0.4, -0.2) is 17.7 Å². The van der Waals surface area contributed by atoms with Gasteiger partial charge in [-0.2, -0.15) is 13.2 Å². The third kappa shape index (κ3) is 5.46. The van der Waals surface area contributed by atoms with E-state index in [1.54, 1.807) is 20.8 Å². The number of halogens is 4. The van der Waals surface area contributed by atoms with Gasteiger partial charge >= 0.3 is 12.1 Å². The fourth-order valence-corrected chi connectivity index (χ4v) is 1.87. The van der Waals surface area contributed by atoms with E-state index < -0.39 is 30.1 Å². The van der Waals surface area contributed by atoms with Crippen molar-refractivity contribution in [3.63, 3.8) is 0 Å². The second-order valence-corrected chi connectivity index (χ2v) is 6.07. The molecule has 0 aliphatic heterocycles. The van der Waals surface area contributed by atoms with Crippen molar-refractivity contribution in [2.24, 2.45) is 0 Å². The van der Waals surface area contributed by atoms with Gasteiger partial charge in [0.15, 0.2) is 0 Å². The molecular weight excluding hydrogens is 307 g/mol. The maximum absolute atomic E-state index is 13.1. The lowest BCUT2D eigenvalue weighted by Gasteiger charge is -2.24. The highest BCUT2D eigenvalue weighted by atomic mass is 35.5. The summed E-state index contributed by atoms with van der Waals surface area (Å²) < 4.78 is 44.4.